The van der Waals surface area contributed by atoms with Gasteiger partial charge in [-0.1, -0.05) is 11.3 Å². The molecule has 78 valence electrons. The fourth-order valence-electron chi connectivity index (χ4n) is 1.26. The molecule has 0 saturated heterocycles. The molecule has 3 nitrogen and oxygen atoms in total. The minimum absolute atomic E-state index is 0.152. The molecule has 1 heterocycles. The number of ether oxygens (including phenoxy) is 1. The van der Waals surface area contributed by atoms with Crippen molar-refractivity contribution in [1.29, 1.82) is 0 Å². The standard InChI is InChI=1S/C10H8FNO2S/c1-14-9-3-2-6(4-7(9)11)8-5-15-10(13)12-8/h2-5H,1H3,(H,12,13). The number of benzene rings is 1. The maximum Gasteiger partial charge on any atom is 0.304 e. The summed E-state index contributed by atoms with van der Waals surface area (Å²) in [4.78, 5) is 13.4. The first-order valence-corrected chi connectivity index (χ1v) is 5.10. The predicted octanol–water partition coefficient (Wildman–Crippen LogP) is 2.25. The predicted molar refractivity (Wildman–Crippen MR) is 56.9 cm³/mol. The molecule has 5 heteroatoms. The van der Waals surface area contributed by atoms with Crippen LogP contribution in [0.5, 0.6) is 5.75 Å². The van der Waals surface area contributed by atoms with E-state index < -0.39 is 5.82 Å². The fourth-order valence-corrected chi connectivity index (χ4v) is 1.84. The fraction of sp³-hybridized carbons (Fsp3) is 0.100. The quantitative estimate of drug-likeness (QED) is 0.851. The zero-order valence-electron chi connectivity index (χ0n) is 7.91. The van der Waals surface area contributed by atoms with Gasteiger partial charge < -0.3 is 9.72 Å². The molecular formula is C10H8FNO2S. The van der Waals surface area contributed by atoms with Crippen LogP contribution in [0.1, 0.15) is 0 Å². The van der Waals surface area contributed by atoms with E-state index in [2.05, 4.69) is 4.98 Å². The lowest BCUT2D eigenvalue weighted by atomic mass is 10.1. The Morgan fingerprint density at radius 1 is 1.47 bits per heavy atom. The minimum atomic E-state index is -0.443. The van der Waals surface area contributed by atoms with Gasteiger partial charge in [0.15, 0.2) is 11.6 Å². The Hall–Kier alpha value is -1.62. The van der Waals surface area contributed by atoms with Crippen molar-refractivity contribution in [3.8, 4) is 17.0 Å². The molecule has 0 aliphatic rings. The van der Waals surface area contributed by atoms with Crippen molar-refractivity contribution in [3.05, 3.63) is 39.1 Å². The van der Waals surface area contributed by atoms with E-state index in [9.17, 15) is 9.18 Å². The van der Waals surface area contributed by atoms with E-state index in [1.165, 1.54) is 19.2 Å². The van der Waals surface area contributed by atoms with E-state index in [-0.39, 0.29) is 10.6 Å². The molecular weight excluding hydrogens is 217 g/mol. The largest absolute Gasteiger partial charge is 0.494 e. The summed E-state index contributed by atoms with van der Waals surface area (Å²) in [5.41, 5.74) is 1.25. The number of H-pyrrole nitrogens is 1. The molecule has 0 aliphatic heterocycles. The molecule has 1 N–H and O–H groups in total. The van der Waals surface area contributed by atoms with Gasteiger partial charge in [0.25, 0.3) is 0 Å². The molecule has 0 bridgehead atoms. The molecule has 2 rings (SSSR count). The number of aromatic amines is 1. The van der Waals surface area contributed by atoms with Gasteiger partial charge in [-0.2, -0.15) is 0 Å². The Balaban J connectivity index is 2.46. The summed E-state index contributed by atoms with van der Waals surface area (Å²) >= 11 is 1.05. The van der Waals surface area contributed by atoms with Crippen molar-refractivity contribution in [2.45, 2.75) is 0 Å². The first kappa shape index (κ1) is 9.92. The van der Waals surface area contributed by atoms with Crippen molar-refractivity contribution in [2.24, 2.45) is 0 Å². The van der Waals surface area contributed by atoms with Gasteiger partial charge in [0.05, 0.1) is 12.8 Å². The number of aromatic nitrogens is 1. The number of hydrogen-bond donors (Lipinski definition) is 1. The number of rotatable bonds is 2. The van der Waals surface area contributed by atoms with Gasteiger partial charge in [-0.15, -0.1) is 0 Å². The first-order chi connectivity index (χ1) is 7.20. The number of nitrogens with one attached hydrogen (secondary N) is 1. The number of halogens is 1. The monoisotopic (exact) mass is 225 g/mol. The zero-order valence-corrected chi connectivity index (χ0v) is 8.73. The minimum Gasteiger partial charge on any atom is -0.494 e. The van der Waals surface area contributed by atoms with E-state index in [1.807, 2.05) is 0 Å². The van der Waals surface area contributed by atoms with E-state index in [0.717, 1.165) is 11.3 Å². The average Bonchev–Trinajstić information content (AvgIpc) is 2.65. The normalized spacial score (nSPS) is 10.3. The van der Waals surface area contributed by atoms with Crippen molar-refractivity contribution in [2.75, 3.05) is 7.11 Å². The molecule has 15 heavy (non-hydrogen) atoms. The van der Waals surface area contributed by atoms with Crippen LogP contribution in [0.2, 0.25) is 0 Å². The average molecular weight is 225 g/mol. The number of thiazole rings is 1. The highest BCUT2D eigenvalue weighted by molar-refractivity contribution is 7.07. The van der Waals surface area contributed by atoms with Crippen LogP contribution in [-0.2, 0) is 0 Å². The second kappa shape index (κ2) is 3.86. The Morgan fingerprint density at radius 2 is 2.27 bits per heavy atom. The molecule has 0 aliphatic carbocycles. The Morgan fingerprint density at radius 3 is 2.80 bits per heavy atom. The lowest BCUT2D eigenvalue weighted by molar-refractivity contribution is 0.386. The van der Waals surface area contributed by atoms with Crippen LogP contribution in [0.15, 0.2) is 28.4 Å². The van der Waals surface area contributed by atoms with Crippen LogP contribution < -0.4 is 9.61 Å². The highest BCUT2D eigenvalue weighted by Crippen LogP contribution is 2.24. The SMILES string of the molecule is COc1ccc(-c2csc(=O)[nH]2)cc1F. The van der Waals surface area contributed by atoms with Gasteiger partial charge in [-0.25, -0.2) is 4.39 Å². The molecule has 0 spiro atoms. The molecule has 0 saturated carbocycles. The summed E-state index contributed by atoms with van der Waals surface area (Å²) in [6.45, 7) is 0. The molecule has 1 aromatic heterocycles. The van der Waals surface area contributed by atoms with Crippen LogP contribution in [0.25, 0.3) is 11.3 Å². The van der Waals surface area contributed by atoms with Crippen molar-refractivity contribution in [3.63, 3.8) is 0 Å². The summed E-state index contributed by atoms with van der Waals surface area (Å²) < 4.78 is 18.1. The van der Waals surface area contributed by atoms with Gasteiger partial charge in [-0.3, -0.25) is 4.79 Å². The Bertz CT molecular complexity index is 532. The molecule has 0 radical (unpaired) electrons. The molecule has 2 aromatic rings. The summed E-state index contributed by atoms with van der Waals surface area (Å²) in [6, 6.07) is 4.55. The summed E-state index contributed by atoms with van der Waals surface area (Å²) in [5.74, 6) is -0.252. The van der Waals surface area contributed by atoms with Gasteiger partial charge in [-0.05, 0) is 18.2 Å². The molecule has 0 unspecified atom stereocenters. The molecule has 0 atom stereocenters. The van der Waals surface area contributed by atoms with Crippen LogP contribution >= 0.6 is 11.3 Å². The highest BCUT2D eigenvalue weighted by Gasteiger charge is 2.06. The summed E-state index contributed by atoms with van der Waals surface area (Å²) in [7, 11) is 1.41. The number of hydrogen-bond acceptors (Lipinski definition) is 3. The second-order valence-electron chi connectivity index (χ2n) is 2.91. The maximum atomic E-state index is 13.3. The van der Waals surface area contributed by atoms with Crippen molar-refractivity contribution in [1.82, 2.24) is 4.98 Å². The third-order valence-electron chi connectivity index (χ3n) is 1.98. The maximum absolute atomic E-state index is 13.3. The van der Waals surface area contributed by atoms with Crippen LogP contribution in [0, 0.1) is 5.82 Å². The highest BCUT2D eigenvalue weighted by atomic mass is 32.1. The number of methoxy groups -OCH3 is 1. The summed E-state index contributed by atoms with van der Waals surface area (Å²) in [6.07, 6.45) is 0. The zero-order chi connectivity index (χ0) is 10.8. The van der Waals surface area contributed by atoms with Crippen molar-refractivity contribution >= 4 is 11.3 Å². The third-order valence-corrected chi connectivity index (χ3v) is 2.65. The Labute approximate surface area is 89.2 Å². The van der Waals surface area contributed by atoms with Gasteiger partial charge in [0.2, 0.25) is 0 Å². The van der Waals surface area contributed by atoms with Crippen LogP contribution in [0.4, 0.5) is 4.39 Å². The first-order valence-electron chi connectivity index (χ1n) is 4.22. The topological polar surface area (TPSA) is 42.1 Å². The van der Waals surface area contributed by atoms with E-state index in [1.54, 1.807) is 11.4 Å². The third kappa shape index (κ3) is 1.92. The van der Waals surface area contributed by atoms with E-state index in [4.69, 9.17) is 4.74 Å². The molecule has 1 aromatic carbocycles. The van der Waals surface area contributed by atoms with Gasteiger partial charge in [0, 0.05) is 10.9 Å². The second-order valence-corrected chi connectivity index (χ2v) is 3.75. The van der Waals surface area contributed by atoms with Crippen LogP contribution in [0.3, 0.4) is 0 Å². The van der Waals surface area contributed by atoms with Crippen molar-refractivity contribution < 1.29 is 9.13 Å². The molecule has 0 amide bonds. The smallest absolute Gasteiger partial charge is 0.304 e. The lowest BCUT2D eigenvalue weighted by Gasteiger charge is -2.03. The van der Waals surface area contributed by atoms with Crippen LogP contribution in [-0.4, -0.2) is 12.1 Å². The lowest BCUT2D eigenvalue weighted by Crippen LogP contribution is -1.93. The van der Waals surface area contributed by atoms with Gasteiger partial charge in [0.1, 0.15) is 0 Å². The molecule has 0 fully saturated rings. The Kier molecular flexibility index (Phi) is 2.55. The van der Waals surface area contributed by atoms with Gasteiger partial charge >= 0.3 is 4.87 Å². The summed E-state index contributed by atoms with van der Waals surface area (Å²) in [5, 5.41) is 1.66. The van der Waals surface area contributed by atoms with E-state index >= 15 is 0 Å². The van der Waals surface area contributed by atoms with E-state index in [0.29, 0.717) is 11.3 Å².